The number of ether oxygens (including phenoxy) is 4. The first-order chi connectivity index (χ1) is 42.6. The standard InChI is InChI=1S/C73H135NO13/c1-3-5-7-9-11-13-15-17-19-21-22-23-24-25-26-27-28-29-30-31-32-33-34-35-36-37-38-39-40-41-43-45-47-49-51-53-55-57-65(78)74-61(62(77)56-54-52-50-48-46-44-42-20-18-16-14-12-10-8-6-4-2)60-84-72-70(83)68(81)71(64(59-76)86-72)87-73-69(82)67(80)66(79)63(58-75)85-73/h5,7,11,13,17,19,22-23,61-64,66-73,75-77,79-83H,3-4,6,8-10,12,14-16,18,20-21,24-60H2,1-2H3,(H,74,78)/b7-5-,13-11-,19-17-,23-22-. The third-order valence-corrected chi connectivity index (χ3v) is 17.8. The Labute approximate surface area is 531 Å². The van der Waals surface area contributed by atoms with Crippen LogP contribution < -0.4 is 5.32 Å². The molecule has 2 fully saturated rings. The van der Waals surface area contributed by atoms with Gasteiger partial charge in [0.2, 0.25) is 5.91 Å². The molecule has 12 unspecified atom stereocenters. The fraction of sp³-hybridized carbons (Fsp3) is 0.877. The lowest BCUT2D eigenvalue weighted by Crippen LogP contribution is -2.65. The van der Waals surface area contributed by atoms with Crippen LogP contribution >= 0.6 is 0 Å². The Morgan fingerprint density at radius 3 is 1.22 bits per heavy atom. The van der Waals surface area contributed by atoms with Crippen molar-refractivity contribution < 1.29 is 64.6 Å². The van der Waals surface area contributed by atoms with Gasteiger partial charge in [-0.15, -0.1) is 0 Å². The van der Waals surface area contributed by atoms with Crippen LogP contribution in [0.2, 0.25) is 0 Å². The van der Waals surface area contributed by atoms with Gasteiger partial charge in [-0.25, -0.2) is 0 Å². The van der Waals surface area contributed by atoms with E-state index in [1.165, 1.54) is 212 Å². The van der Waals surface area contributed by atoms with Gasteiger partial charge >= 0.3 is 0 Å². The maximum absolute atomic E-state index is 13.3. The predicted molar refractivity (Wildman–Crippen MR) is 355 cm³/mol. The van der Waals surface area contributed by atoms with E-state index in [9.17, 15) is 45.6 Å². The second-order valence-corrected chi connectivity index (χ2v) is 25.7. The lowest BCUT2D eigenvalue weighted by Gasteiger charge is -2.46. The van der Waals surface area contributed by atoms with Gasteiger partial charge in [0.1, 0.15) is 48.8 Å². The Balaban J connectivity index is 1.57. The quantitative estimate of drug-likeness (QED) is 0.0204. The molecule has 14 heteroatoms. The monoisotopic (exact) mass is 1230 g/mol. The van der Waals surface area contributed by atoms with Crippen LogP contribution in [-0.2, 0) is 23.7 Å². The van der Waals surface area contributed by atoms with Crippen LogP contribution in [0.3, 0.4) is 0 Å². The van der Waals surface area contributed by atoms with Crippen molar-refractivity contribution >= 4 is 5.91 Å². The SMILES string of the molecule is CC/C=C\C/C=C\C/C=C\C/C=C\CCCCCCCCCCCCCCCCCCCCCCCCCCC(=O)NC(COC1OC(CO)C(OC2OC(CO)C(O)C(O)C2O)C(O)C1O)C(O)CCCCCCCCCCCCCCCCCC. The van der Waals surface area contributed by atoms with E-state index >= 15 is 0 Å². The summed E-state index contributed by atoms with van der Waals surface area (Å²) in [4.78, 5) is 13.3. The smallest absolute Gasteiger partial charge is 0.220 e. The highest BCUT2D eigenvalue weighted by Crippen LogP contribution is 2.30. The van der Waals surface area contributed by atoms with Gasteiger partial charge < -0.3 is 65.1 Å². The predicted octanol–water partition coefficient (Wildman–Crippen LogP) is 15.1. The van der Waals surface area contributed by atoms with Crippen molar-refractivity contribution in [1.29, 1.82) is 0 Å². The van der Waals surface area contributed by atoms with E-state index in [0.29, 0.717) is 12.8 Å². The first-order valence-electron chi connectivity index (χ1n) is 36.4. The number of unbranched alkanes of at least 4 members (excludes halogenated alkanes) is 39. The largest absolute Gasteiger partial charge is 0.394 e. The normalized spacial score (nSPS) is 23.5. The fourth-order valence-corrected chi connectivity index (χ4v) is 12.1. The molecule has 0 aromatic rings. The Bertz CT molecular complexity index is 1640. The van der Waals surface area contributed by atoms with Crippen LogP contribution in [0, 0.1) is 0 Å². The highest BCUT2D eigenvalue weighted by Gasteiger charge is 2.51. The molecule has 0 bridgehead atoms. The summed E-state index contributed by atoms with van der Waals surface area (Å²) in [6.45, 7) is 2.79. The minimum atomic E-state index is -1.78. The molecule has 2 heterocycles. The van der Waals surface area contributed by atoms with Gasteiger partial charge in [0.15, 0.2) is 12.6 Å². The molecular weight excluding hydrogens is 1100 g/mol. The molecule has 0 spiro atoms. The highest BCUT2D eigenvalue weighted by atomic mass is 16.7. The van der Waals surface area contributed by atoms with Gasteiger partial charge in [0.05, 0.1) is 32.0 Å². The zero-order valence-corrected chi connectivity index (χ0v) is 55.5. The van der Waals surface area contributed by atoms with E-state index in [4.69, 9.17) is 18.9 Å². The number of allylic oxidation sites excluding steroid dienone is 8. The van der Waals surface area contributed by atoms with E-state index in [1.54, 1.807) is 0 Å². The average Bonchev–Trinajstić information content (AvgIpc) is 2.36. The van der Waals surface area contributed by atoms with Crippen molar-refractivity contribution in [3.8, 4) is 0 Å². The molecule has 87 heavy (non-hydrogen) atoms. The summed E-state index contributed by atoms with van der Waals surface area (Å²) in [7, 11) is 0. The second-order valence-electron chi connectivity index (χ2n) is 25.7. The van der Waals surface area contributed by atoms with Gasteiger partial charge in [0.25, 0.3) is 0 Å². The fourth-order valence-electron chi connectivity index (χ4n) is 12.1. The Morgan fingerprint density at radius 1 is 0.425 bits per heavy atom. The summed E-state index contributed by atoms with van der Waals surface area (Å²) in [5.41, 5.74) is 0. The number of aliphatic hydroxyl groups excluding tert-OH is 8. The first kappa shape index (κ1) is 81.0. The number of nitrogens with one attached hydrogen (secondary N) is 1. The molecule has 0 saturated carbocycles. The van der Waals surface area contributed by atoms with Crippen molar-refractivity contribution in [2.75, 3.05) is 19.8 Å². The molecular formula is C73H135NO13. The van der Waals surface area contributed by atoms with Crippen LogP contribution in [0.4, 0.5) is 0 Å². The zero-order chi connectivity index (χ0) is 63.1. The van der Waals surface area contributed by atoms with Crippen molar-refractivity contribution in [2.24, 2.45) is 0 Å². The van der Waals surface area contributed by atoms with E-state index < -0.39 is 86.8 Å². The maximum Gasteiger partial charge on any atom is 0.220 e. The summed E-state index contributed by atoms with van der Waals surface area (Å²) in [6, 6.07) is -0.827. The van der Waals surface area contributed by atoms with Crippen molar-refractivity contribution in [3.05, 3.63) is 48.6 Å². The van der Waals surface area contributed by atoms with Crippen molar-refractivity contribution in [3.63, 3.8) is 0 Å². The number of rotatable bonds is 60. The maximum atomic E-state index is 13.3. The summed E-state index contributed by atoms with van der Waals surface area (Å²) >= 11 is 0. The van der Waals surface area contributed by atoms with E-state index in [0.717, 1.165) is 77.0 Å². The molecule has 2 aliphatic rings. The Morgan fingerprint density at radius 2 is 0.793 bits per heavy atom. The minimum Gasteiger partial charge on any atom is -0.394 e. The van der Waals surface area contributed by atoms with Gasteiger partial charge in [-0.05, 0) is 51.4 Å². The topological polar surface area (TPSA) is 228 Å². The number of aliphatic hydroxyl groups is 8. The third kappa shape index (κ3) is 41.9. The molecule has 2 saturated heterocycles. The summed E-state index contributed by atoms with van der Waals surface area (Å²) in [5.74, 6) is -0.201. The van der Waals surface area contributed by atoms with E-state index in [2.05, 4.69) is 67.8 Å². The van der Waals surface area contributed by atoms with Crippen LogP contribution in [0.15, 0.2) is 48.6 Å². The van der Waals surface area contributed by atoms with Gasteiger partial charge in [-0.3, -0.25) is 4.79 Å². The highest BCUT2D eigenvalue weighted by molar-refractivity contribution is 5.76. The second kappa shape index (κ2) is 57.8. The van der Waals surface area contributed by atoms with Crippen molar-refractivity contribution in [2.45, 2.75) is 389 Å². The number of hydrogen-bond donors (Lipinski definition) is 9. The zero-order valence-electron chi connectivity index (χ0n) is 55.5. The van der Waals surface area contributed by atoms with E-state index in [-0.39, 0.29) is 12.5 Å². The van der Waals surface area contributed by atoms with Gasteiger partial charge in [-0.1, -0.05) is 306 Å². The minimum absolute atomic E-state index is 0.201. The van der Waals surface area contributed by atoms with Crippen LogP contribution in [0.5, 0.6) is 0 Å². The molecule has 2 rings (SSSR count). The summed E-state index contributed by atoms with van der Waals surface area (Å²) in [5, 5.41) is 87.5. The number of carbonyl (C=O) groups excluding carboxylic acids is 1. The Hall–Kier alpha value is -2.05. The molecule has 14 nitrogen and oxygen atoms in total. The molecule has 0 aromatic carbocycles. The average molecular weight is 1230 g/mol. The molecule has 9 N–H and O–H groups in total. The van der Waals surface area contributed by atoms with Crippen molar-refractivity contribution in [1.82, 2.24) is 5.32 Å². The molecule has 12 atom stereocenters. The van der Waals surface area contributed by atoms with E-state index in [1.807, 2.05) is 0 Å². The number of hydrogen-bond acceptors (Lipinski definition) is 13. The molecule has 1 amide bonds. The molecule has 0 aliphatic carbocycles. The molecule has 510 valence electrons. The molecule has 0 aromatic heterocycles. The Kier molecular flexibility index (Phi) is 53.9. The summed E-state index contributed by atoms with van der Waals surface area (Å²) in [6.07, 6.45) is 58.6. The van der Waals surface area contributed by atoms with Gasteiger partial charge in [-0.2, -0.15) is 0 Å². The van der Waals surface area contributed by atoms with Crippen LogP contribution in [-0.4, -0.2) is 140 Å². The van der Waals surface area contributed by atoms with Crippen LogP contribution in [0.25, 0.3) is 0 Å². The first-order valence-corrected chi connectivity index (χ1v) is 36.4. The molecule has 2 aliphatic heterocycles. The number of amides is 1. The lowest BCUT2D eigenvalue weighted by atomic mass is 9.97. The summed E-state index contributed by atoms with van der Waals surface area (Å²) < 4.78 is 22.9. The van der Waals surface area contributed by atoms with Gasteiger partial charge in [0, 0.05) is 6.42 Å². The number of carbonyl (C=O) groups is 1. The lowest BCUT2D eigenvalue weighted by molar-refractivity contribution is -0.359. The van der Waals surface area contributed by atoms with Crippen LogP contribution in [0.1, 0.15) is 316 Å². The third-order valence-electron chi connectivity index (χ3n) is 17.8. The molecule has 0 radical (unpaired) electrons.